The molecule has 0 radical (unpaired) electrons. The SMILES string of the molecule is Clc1ccc(Cn2nc(CNCc3ccc4c(c3)OCO4)c(-c3ccccc3)n2)cc1Cl. The highest BCUT2D eigenvalue weighted by molar-refractivity contribution is 6.42. The largest absolute Gasteiger partial charge is 0.454 e. The fourth-order valence-electron chi connectivity index (χ4n) is 3.57. The fraction of sp³-hybridized carbons (Fsp3) is 0.167. The molecule has 1 aliphatic heterocycles. The number of benzene rings is 3. The molecule has 5 rings (SSSR count). The molecule has 162 valence electrons. The summed E-state index contributed by atoms with van der Waals surface area (Å²) in [5, 5.41) is 14.0. The Morgan fingerprint density at radius 3 is 2.47 bits per heavy atom. The van der Waals surface area contributed by atoms with Crippen molar-refractivity contribution in [1.82, 2.24) is 20.3 Å². The van der Waals surface area contributed by atoms with E-state index in [-0.39, 0.29) is 6.79 Å². The molecule has 3 aromatic carbocycles. The van der Waals surface area contributed by atoms with E-state index in [1.807, 2.05) is 60.7 Å². The highest BCUT2D eigenvalue weighted by atomic mass is 35.5. The predicted octanol–water partition coefficient (Wildman–Crippen LogP) is 5.32. The van der Waals surface area contributed by atoms with Gasteiger partial charge in [0, 0.05) is 18.7 Å². The second-order valence-corrected chi connectivity index (χ2v) is 8.25. The van der Waals surface area contributed by atoms with Crippen LogP contribution in [0.25, 0.3) is 11.3 Å². The topological polar surface area (TPSA) is 61.2 Å². The van der Waals surface area contributed by atoms with Crippen LogP contribution >= 0.6 is 23.2 Å². The minimum Gasteiger partial charge on any atom is -0.454 e. The number of rotatable bonds is 7. The Balaban J connectivity index is 1.34. The van der Waals surface area contributed by atoms with Gasteiger partial charge in [-0.15, -0.1) is 0 Å². The van der Waals surface area contributed by atoms with E-state index >= 15 is 0 Å². The van der Waals surface area contributed by atoms with Crippen molar-refractivity contribution in [3.63, 3.8) is 0 Å². The van der Waals surface area contributed by atoms with E-state index in [1.165, 1.54) is 0 Å². The second kappa shape index (κ2) is 9.20. The molecule has 1 aliphatic rings. The molecule has 0 aliphatic carbocycles. The monoisotopic (exact) mass is 466 g/mol. The molecule has 0 saturated carbocycles. The lowest BCUT2D eigenvalue weighted by Crippen LogP contribution is -2.14. The normalized spacial score (nSPS) is 12.3. The first-order valence-electron chi connectivity index (χ1n) is 10.2. The summed E-state index contributed by atoms with van der Waals surface area (Å²) in [4.78, 5) is 1.69. The number of hydrogen-bond donors (Lipinski definition) is 1. The van der Waals surface area contributed by atoms with Crippen LogP contribution in [0, 0.1) is 0 Å². The van der Waals surface area contributed by atoms with Gasteiger partial charge in [-0.25, -0.2) is 0 Å². The van der Waals surface area contributed by atoms with Crippen LogP contribution in [0.4, 0.5) is 0 Å². The Labute approximate surface area is 195 Å². The van der Waals surface area contributed by atoms with E-state index in [2.05, 4.69) is 5.32 Å². The van der Waals surface area contributed by atoms with Gasteiger partial charge in [0.25, 0.3) is 0 Å². The summed E-state index contributed by atoms with van der Waals surface area (Å²) in [7, 11) is 0. The first-order chi connectivity index (χ1) is 15.7. The van der Waals surface area contributed by atoms with Crippen molar-refractivity contribution in [2.45, 2.75) is 19.6 Å². The van der Waals surface area contributed by atoms with Crippen LogP contribution < -0.4 is 14.8 Å². The maximum Gasteiger partial charge on any atom is 0.231 e. The number of halogens is 2. The van der Waals surface area contributed by atoms with Crippen LogP contribution in [0.2, 0.25) is 10.0 Å². The van der Waals surface area contributed by atoms with Gasteiger partial charge in [-0.2, -0.15) is 15.0 Å². The van der Waals surface area contributed by atoms with Gasteiger partial charge in [0.15, 0.2) is 11.5 Å². The van der Waals surface area contributed by atoms with Gasteiger partial charge in [0.05, 0.1) is 16.6 Å². The maximum atomic E-state index is 6.17. The Hall–Kier alpha value is -3.06. The maximum absolute atomic E-state index is 6.17. The van der Waals surface area contributed by atoms with Crippen LogP contribution in [-0.2, 0) is 19.6 Å². The van der Waals surface area contributed by atoms with Crippen molar-refractivity contribution < 1.29 is 9.47 Å². The smallest absolute Gasteiger partial charge is 0.231 e. The summed E-state index contributed by atoms with van der Waals surface area (Å²) in [5.74, 6) is 1.56. The summed E-state index contributed by atoms with van der Waals surface area (Å²) in [6.07, 6.45) is 0. The molecule has 4 aromatic rings. The first kappa shape index (κ1) is 20.8. The molecular weight excluding hydrogens is 447 g/mol. The summed E-state index contributed by atoms with van der Waals surface area (Å²) in [5.41, 5.74) is 4.83. The van der Waals surface area contributed by atoms with Gasteiger partial charge in [0.2, 0.25) is 6.79 Å². The highest BCUT2D eigenvalue weighted by Gasteiger charge is 2.15. The summed E-state index contributed by atoms with van der Waals surface area (Å²) >= 11 is 12.2. The number of nitrogens with one attached hydrogen (secondary N) is 1. The highest BCUT2D eigenvalue weighted by Crippen LogP contribution is 2.32. The minimum absolute atomic E-state index is 0.272. The molecule has 8 heteroatoms. The van der Waals surface area contributed by atoms with E-state index in [4.69, 9.17) is 42.9 Å². The summed E-state index contributed by atoms with van der Waals surface area (Å²) < 4.78 is 10.8. The lowest BCUT2D eigenvalue weighted by atomic mass is 10.1. The van der Waals surface area contributed by atoms with Crippen molar-refractivity contribution in [2.24, 2.45) is 0 Å². The second-order valence-electron chi connectivity index (χ2n) is 7.43. The van der Waals surface area contributed by atoms with Crippen molar-refractivity contribution in [1.29, 1.82) is 0 Å². The molecule has 0 saturated heterocycles. The molecule has 0 atom stereocenters. The third kappa shape index (κ3) is 4.58. The number of aromatic nitrogens is 3. The molecule has 0 bridgehead atoms. The molecule has 6 nitrogen and oxygen atoms in total. The average Bonchev–Trinajstić information content (AvgIpc) is 3.43. The number of nitrogens with zero attached hydrogens (tertiary/aromatic N) is 3. The van der Waals surface area contributed by atoms with Gasteiger partial charge in [-0.05, 0) is 35.4 Å². The molecule has 1 N–H and O–H groups in total. The van der Waals surface area contributed by atoms with Crippen molar-refractivity contribution in [2.75, 3.05) is 6.79 Å². The first-order valence-corrected chi connectivity index (χ1v) is 10.9. The van der Waals surface area contributed by atoms with Crippen LogP contribution in [0.3, 0.4) is 0 Å². The fourth-order valence-corrected chi connectivity index (χ4v) is 3.89. The van der Waals surface area contributed by atoms with Crippen molar-refractivity contribution in [3.8, 4) is 22.8 Å². The number of ether oxygens (including phenoxy) is 2. The Kier molecular flexibility index (Phi) is 5.99. The molecule has 32 heavy (non-hydrogen) atoms. The van der Waals surface area contributed by atoms with Crippen molar-refractivity contribution >= 4 is 23.2 Å². The Bertz CT molecular complexity index is 1240. The van der Waals surface area contributed by atoms with Gasteiger partial charge >= 0.3 is 0 Å². The summed E-state index contributed by atoms with van der Waals surface area (Å²) in [6, 6.07) is 21.6. The van der Waals surface area contributed by atoms with Crippen LogP contribution in [0.1, 0.15) is 16.8 Å². The summed E-state index contributed by atoms with van der Waals surface area (Å²) in [6.45, 7) is 2.01. The van der Waals surface area contributed by atoms with Gasteiger partial charge in [-0.1, -0.05) is 65.7 Å². The quantitative estimate of drug-likeness (QED) is 0.399. The van der Waals surface area contributed by atoms with Crippen LogP contribution in [0.15, 0.2) is 66.7 Å². The lowest BCUT2D eigenvalue weighted by Gasteiger charge is -2.06. The van der Waals surface area contributed by atoms with E-state index < -0.39 is 0 Å². The van der Waals surface area contributed by atoms with Crippen LogP contribution in [-0.4, -0.2) is 21.8 Å². The van der Waals surface area contributed by atoms with E-state index in [9.17, 15) is 0 Å². The van der Waals surface area contributed by atoms with Crippen molar-refractivity contribution in [3.05, 3.63) is 93.6 Å². The zero-order valence-electron chi connectivity index (χ0n) is 17.1. The molecule has 0 spiro atoms. The minimum atomic E-state index is 0.272. The number of hydrogen-bond acceptors (Lipinski definition) is 5. The molecule has 2 heterocycles. The molecule has 0 unspecified atom stereocenters. The third-order valence-corrected chi connectivity index (χ3v) is 5.88. The molecule has 1 aromatic heterocycles. The lowest BCUT2D eigenvalue weighted by molar-refractivity contribution is 0.174. The number of fused-ring (bicyclic) bond motifs is 1. The molecular formula is C24H20Cl2N4O2. The third-order valence-electron chi connectivity index (χ3n) is 5.14. The Morgan fingerprint density at radius 1 is 0.812 bits per heavy atom. The predicted molar refractivity (Wildman–Crippen MR) is 124 cm³/mol. The zero-order chi connectivity index (χ0) is 21.9. The van der Waals surface area contributed by atoms with E-state index in [0.717, 1.165) is 39.6 Å². The van der Waals surface area contributed by atoms with Gasteiger partial charge in [0.1, 0.15) is 11.4 Å². The van der Waals surface area contributed by atoms with Crippen LogP contribution in [0.5, 0.6) is 11.5 Å². The average molecular weight is 467 g/mol. The van der Waals surface area contributed by atoms with Gasteiger partial charge < -0.3 is 14.8 Å². The zero-order valence-corrected chi connectivity index (χ0v) is 18.6. The van der Waals surface area contributed by atoms with E-state index in [1.54, 1.807) is 10.9 Å². The molecule has 0 fully saturated rings. The molecule has 0 amide bonds. The Morgan fingerprint density at radius 2 is 1.62 bits per heavy atom. The standard InChI is InChI=1S/C24H20Cl2N4O2/c25-19-8-6-17(10-20(19)26)14-30-28-21(24(29-30)18-4-2-1-3-5-18)13-27-12-16-7-9-22-23(11-16)32-15-31-22/h1-11,27H,12-15H2. The van der Waals surface area contributed by atoms with Gasteiger partial charge in [-0.3, -0.25) is 0 Å². The van der Waals surface area contributed by atoms with E-state index in [0.29, 0.717) is 29.7 Å².